The predicted molar refractivity (Wildman–Crippen MR) is 31.2 cm³/mol. The van der Waals surface area contributed by atoms with E-state index in [9.17, 15) is 9.59 Å². The Labute approximate surface area is 53.7 Å². The highest BCUT2D eigenvalue weighted by atomic mass is 16.3. The maximum absolute atomic E-state index is 9.81. The lowest BCUT2D eigenvalue weighted by Crippen LogP contribution is -2.18. The fourth-order valence-corrected chi connectivity index (χ4v) is 0.341. The van der Waals surface area contributed by atoms with Gasteiger partial charge < -0.3 is 5.11 Å². The average molecular weight is 128 g/mol. The Morgan fingerprint density at radius 3 is 2.44 bits per heavy atom. The third-order valence-corrected chi connectivity index (χ3v) is 1.06. The highest BCUT2D eigenvalue weighted by Crippen LogP contribution is 2.00. The molecule has 2 atom stereocenters. The van der Waals surface area contributed by atoms with Gasteiger partial charge in [-0.05, 0) is 0 Å². The summed E-state index contributed by atoms with van der Waals surface area (Å²) < 4.78 is 0. The molecule has 9 heavy (non-hydrogen) atoms. The molecule has 0 rings (SSSR count). The van der Waals surface area contributed by atoms with E-state index in [1.54, 1.807) is 6.29 Å². The van der Waals surface area contributed by atoms with Crippen molar-refractivity contribution in [3.05, 3.63) is 0 Å². The monoisotopic (exact) mass is 128 g/mol. The van der Waals surface area contributed by atoms with E-state index in [1.807, 2.05) is 0 Å². The molecule has 2 unspecified atom stereocenters. The summed E-state index contributed by atoms with van der Waals surface area (Å²) in [5.74, 6) is -0.591. The minimum atomic E-state index is -0.917. The highest BCUT2D eigenvalue weighted by molar-refractivity contribution is 5.58. The van der Waals surface area contributed by atoms with E-state index in [1.165, 1.54) is 13.2 Å². The summed E-state index contributed by atoms with van der Waals surface area (Å²) >= 11 is 0. The van der Waals surface area contributed by atoms with Crippen LogP contribution in [0.2, 0.25) is 0 Å². The lowest BCUT2D eigenvalue weighted by atomic mass is 10.1. The van der Waals surface area contributed by atoms with Crippen LogP contribution in [0, 0.1) is 5.92 Å². The van der Waals surface area contributed by atoms with Crippen LogP contribution in [0.15, 0.2) is 0 Å². The van der Waals surface area contributed by atoms with Gasteiger partial charge >= 0.3 is 0 Å². The molecular weight excluding hydrogens is 120 g/mol. The Kier molecular flexibility index (Phi) is 3.88. The van der Waals surface area contributed by atoms with Gasteiger partial charge in [0.2, 0.25) is 12.6 Å². The van der Waals surface area contributed by atoms with Crippen molar-refractivity contribution in [2.45, 2.75) is 19.4 Å². The molecule has 50 valence electrons. The van der Waals surface area contributed by atoms with Crippen LogP contribution in [-0.4, -0.2) is 23.8 Å². The van der Waals surface area contributed by atoms with Gasteiger partial charge in [0.25, 0.3) is 0 Å². The fourth-order valence-electron chi connectivity index (χ4n) is 0.341. The van der Waals surface area contributed by atoms with Crippen LogP contribution in [0.4, 0.5) is 0 Å². The van der Waals surface area contributed by atoms with Gasteiger partial charge in [0.15, 0.2) is 0 Å². The Hall–Kier alpha value is -0.700. The molecule has 0 amide bonds. The number of rotatable bonds is 4. The molecule has 0 saturated carbocycles. The van der Waals surface area contributed by atoms with Crippen LogP contribution in [0.25, 0.3) is 0 Å². The third-order valence-electron chi connectivity index (χ3n) is 1.06. The molecule has 0 spiro atoms. The van der Waals surface area contributed by atoms with Gasteiger partial charge in [-0.15, -0.1) is 0 Å². The van der Waals surface area contributed by atoms with Crippen LogP contribution in [0.5, 0.6) is 0 Å². The molecule has 1 N–H and O–H groups in total. The van der Waals surface area contributed by atoms with Crippen molar-refractivity contribution < 1.29 is 14.7 Å². The first kappa shape index (κ1) is 8.30. The SMILES string of the molecule is CC([C]=O)C(O)C[C]=O. The van der Waals surface area contributed by atoms with Gasteiger partial charge in [-0.3, -0.25) is 9.59 Å². The van der Waals surface area contributed by atoms with Gasteiger partial charge in [-0.1, -0.05) is 6.92 Å². The topological polar surface area (TPSA) is 54.4 Å². The lowest BCUT2D eigenvalue weighted by molar-refractivity contribution is 0.150. The first-order valence-corrected chi connectivity index (χ1v) is 2.63. The summed E-state index contributed by atoms with van der Waals surface area (Å²) in [6.07, 6.45) is 2.04. The van der Waals surface area contributed by atoms with Crippen molar-refractivity contribution in [1.29, 1.82) is 0 Å². The molecule has 0 aliphatic heterocycles. The molecule has 3 heteroatoms. The highest BCUT2D eigenvalue weighted by Gasteiger charge is 2.12. The van der Waals surface area contributed by atoms with Gasteiger partial charge in [0, 0.05) is 12.3 Å². The van der Waals surface area contributed by atoms with Crippen LogP contribution in [0.1, 0.15) is 13.3 Å². The molecule has 0 aliphatic carbocycles. The van der Waals surface area contributed by atoms with E-state index in [2.05, 4.69) is 0 Å². The summed E-state index contributed by atoms with van der Waals surface area (Å²) in [4.78, 5) is 19.4. The Balaban J connectivity index is 3.56. The minimum absolute atomic E-state index is 0.115. The molecule has 0 aromatic rings. The molecule has 0 bridgehead atoms. The van der Waals surface area contributed by atoms with Crippen molar-refractivity contribution >= 4 is 12.6 Å². The number of aliphatic hydroxyl groups excluding tert-OH is 1. The van der Waals surface area contributed by atoms with Gasteiger partial charge in [-0.2, -0.15) is 0 Å². The smallest absolute Gasteiger partial charge is 0.204 e. The van der Waals surface area contributed by atoms with E-state index in [0.29, 0.717) is 0 Å². The van der Waals surface area contributed by atoms with Gasteiger partial charge in [0.1, 0.15) is 0 Å². The molecule has 0 saturated heterocycles. The number of hydrogen-bond donors (Lipinski definition) is 1. The van der Waals surface area contributed by atoms with E-state index < -0.39 is 12.0 Å². The molecule has 0 heterocycles. The fraction of sp³-hybridized carbons (Fsp3) is 0.667. The van der Waals surface area contributed by atoms with Crippen molar-refractivity contribution in [3.63, 3.8) is 0 Å². The zero-order valence-electron chi connectivity index (χ0n) is 5.13. The zero-order valence-corrected chi connectivity index (χ0v) is 5.13. The summed E-state index contributed by atoms with van der Waals surface area (Å²) in [6, 6.07) is 0. The molecular formula is C6H8O3. The van der Waals surface area contributed by atoms with Crippen LogP contribution < -0.4 is 0 Å². The Bertz CT molecular complexity index is 100. The van der Waals surface area contributed by atoms with Crippen molar-refractivity contribution in [1.82, 2.24) is 0 Å². The van der Waals surface area contributed by atoms with Crippen molar-refractivity contribution in [3.8, 4) is 0 Å². The molecule has 0 aromatic heterocycles. The Morgan fingerprint density at radius 1 is 1.56 bits per heavy atom. The van der Waals surface area contributed by atoms with Crippen LogP contribution >= 0.6 is 0 Å². The molecule has 0 aromatic carbocycles. The van der Waals surface area contributed by atoms with E-state index in [4.69, 9.17) is 5.11 Å². The maximum Gasteiger partial charge on any atom is 0.204 e. The van der Waals surface area contributed by atoms with Crippen LogP contribution in [-0.2, 0) is 9.59 Å². The minimum Gasteiger partial charge on any atom is -0.392 e. The summed E-state index contributed by atoms with van der Waals surface area (Å²) in [6.45, 7) is 1.50. The summed E-state index contributed by atoms with van der Waals surface area (Å²) in [7, 11) is 0. The second kappa shape index (κ2) is 4.21. The van der Waals surface area contributed by atoms with E-state index in [0.717, 1.165) is 0 Å². The number of carbonyl (C=O) groups excluding carboxylic acids is 2. The quantitative estimate of drug-likeness (QED) is 0.560. The maximum atomic E-state index is 9.81. The molecule has 0 aliphatic rings. The van der Waals surface area contributed by atoms with Gasteiger partial charge in [-0.25, -0.2) is 0 Å². The Morgan fingerprint density at radius 2 is 2.11 bits per heavy atom. The van der Waals surface area contributed by atoms with Crippen molar-refractivity contribution in [2.75, 3.05) is 0 Å². The lowest BCUT2D eigenvalue weighted by Gasteiger charge is -2.06. The molecule has 0 fully saturated rings. The molecule has 3 nitrogen and oxygen atoms in total. The first-order chi connectivity index (χ1) is 4.22. The standard InChI is InChI=1S/C6H8O3/c1-5(4-8)6(9)2-3-7/h5-6,9H,2H2,1H3. The van der Waals surface area contributed by atoms with Gasteiger partial charge in [0.05, 0.1) is 6.10 Å². The third kappa shape index (κ3) is 2.98. The van der Waals surface area contributed by atoms with E-state index in [-0.39, 0.29) is 6.42 Å². The first-order valence-electron chi connectivity index (χ1n) is 2.63. The normalized spacial score (nSPS) is 16.2. The molecule has 2 radical (unpaired) electrons. The van der Waals surface area contributed by atoms with Crippen LogP contribution in [0.3, 0.4) is 0 Å². The second-order valence-corrected chi connectivity index (χ2v) is 1.82. The zero-order chi connectivity index (χ0) is 7.28. The average Bonchev–Trinajstić information content (AvgIpc) is 1.87. The van der Waals surface area contributed by atoms with Crippen molar-refractivity contribution in [2.24, 2.45) is 5.92 Å². The summed E-state index contributed by atoms with van der Waals surface area (Å²) in [5.41, 5.74) is 0. The van der Waals surface area contributed by atoms with E-state index >= 15 is 0 Å². The largest absolute Gasteiger partial charge is 0.392 e. The summed E-state index contributed by atoms with van der Waals surface area (Å²) in [5, 5.41) is 8.79. The predicted octanol–water partition coefficient (Wildman–Crippen LogP) is -0.407. The number of hydrogen-bond acceptors (Lipinski definition) is 3. The number of aliphatic hydroxyl groups is 1. The second-order valence-electron chi connectivity index (χ2n) is 1.82.